The Bertz CT molecular complexity index is 6820. The molecule has 131 heavy (non-hydrogen) atoms. The Labute approximate surface area is 785 Å². The number of hydrogen-bond donors (Lipinski definition) is 12. The molecule has 40 heteroatoms. The Morgan fingerprint density at radius 2 is 0.550 bits per heavy atom. The standard InChI is InChI=1S/2C16H15N5S.C15H12BrN5S.C15H12ClN5S.C15H12FN5S.C14H12N6S/c2*1-10-5-4-6-11(9-10)14(17)20-15(18)21-16-19-12-7-2-3-8-13(12)22-16;3*16-10-6-2-1-5-9(10)13(17)20-14(18)21-15-19-11-7-3-4-8-12(11)22-15;15-12(10-6-3-4-8-17-10)19-13(16)20-14-18-9-5-1-2-7-11(9)21-14/h2*2-9H,1H3,(H4,17,18,19,20,21);3*1-8H,(H4,17,18,19,20,21);1-8H,(H4,15,16,18,19,20). The van der Waals surface area contributed by atoms with E-state index in [1.165, 1.54) is 80.2 Å². The highest BCUT2D eigenvalue weighted by atomic mass is 79.9. The molecule has 11 aromatic carbocycles. The zero-order valence-corrected chi connectivity index (χ0v) is 76.5. The zero-order chi connectivity index (χ0) is 92.3. The first-order chi connectivity index (χ1) is 63.3. The predicted octanol–water partition coefficient (Wildman–Crippen LogP) is 17.5. The van der Waals surface area contributed by atoms with E-state index in [2.05, 4.69) is 111 Å². The van der Waals surface area contributed by atoms with Crippen LogP contribution < -0.4 is 68.8 Å². The molecule has 0 aliphatic rings. The van der Waals surface area contributed by atoms with Gasteiger partial charge in [-0.05, 0) is 141 Å². The second-order valence-electron chi connectivity index (χ2n) is 27.0. The fourth-order valence-corrected chi connectivity index (χ4v) is 17.2. The van der Waals surface area contributed by atoms with Crippen molar-refractivity contribution in [1.29, 1.82) is 0 Å². The number of hydrogen-bond acceptors (Lipinski definition) is 19. The highest BCUT2D eigenvalue weighted by molar-refractivity contribution is 9.10. The van der Waals surface area contributed by atoms with Gasteiger partial charge in [-0.1, -0.05) is 264 Å². The van der Waals surface area contributed by atoms with Gasteiger partial charge >= 0.3 is 0 Å². The van der Waals surface area contributed by atoms with Gasteiger partial charge in [0, 0.05) is 32.9 Å². The number of aliphatic imine (C=N–C) groups is 12. The van der Waals surface area contributed by atoms with Crippen LogP contribution in [0.25, 0.3) is 61.3 Å². The third kappa shape index (κ3) is 26.9. The van der Waals surface area contributed by atoms with E-state index in [0.717, 1.165) is 93.6 Å². The molecule has 0 bridgehead atoms. The Morgan fingerprint density at radius 3 is 0.855 bits per heavy atom. The summed E-state index contributed by atoms with van der Waals surface area (Å²) in [6, 6.07) is 88.3. The van der Waals surface area contributed by atoms with Crippen LogP contribution >= 0.6 is 95.6 Å². The Balaban J connectivity index is 0.000000134. The van der Waals surface area contributed by atoms with Crippen LogP contribution in [-0.4, -0.2) is 106 Å². The molecule has 0 radical (unpaired) electrons. The summed E-state index contributed by atoms with van der Waals surface area (Å²) in [7, 11) is 0. The fraction of sp³-hybridized carbons (Fsp3) is 0.0220. The molecular formula is C91H78BrClFN31S6. The summed E-state index contributed by atoms with van der Waals surface area (Å²) in [5.74, 6) is 1.21. The summed E-state index contributed by atoms with van der Waals surface area (Å²) in [5, 5.41) is 3.77. The van der Waals surface area contributed by atoms with Crippen molar-refractivity contribution in [2.45, 2.75) is 13.8 Å². The van der Waals surface area contributed by atoms with Gasteiger partial charge in [0.2, 0.25) is 66.5 Å². The van der Waals surface area contributed by atoms with Crippen LogP contribution in [0.4, 0.5) is 35.2 Å². The van der Waals surface area contributed by atoms with Crippen LogP contribution in [0.1, 0.15) is 44.6 Å². The molecule has 7 heterocycles. The van der Waals surface area contributed by atoms with E-state index in [-0.39, 0.29) is 58.8 Å². The highest BCUT2D eigenvalue weighted by Gasteiger charge is 2.14. The highest BCUT2D eigenvalue weighted by Crippen LogP contribution is 2.34. The third-order valence-corrected chi connectivity index (χ3v) is 24.0. The number of aromatic nitrogens is 7. The van der Waals surface area contributed by atoms with Crippen LogP contribution in [0.3, 0.4) is 0 Å². The van der Waals surface area contributed by atoms with Crippen LogP contribution in [0, 0.1) is 19.7 Å². The Kier molecular flexibility index (Phi) is 32.0. The lowest BCUT2D eigenvalue weighted by atomic mass is 10.1. The van der Waals surface area contributed by atoms with Gasteiger partial charge in [-0.3, -0.25) is 4.98 Å². The number of rotatable bonds is 12. The second-order valence-corrected chi connectivity index (χ2v) is 34.3. The van der Waals surface area contributed by atoms with Gasteiger partial charge in [-0.25, -0.2) is 34.3 Å². The Morgan fingerprint density at radius 1 is 0.282 bits per heavy atom. The summed E-state index contributed by atoms with van der Waals surface area (Å²) in [5.41, 5.74) is 81.6. The zero-order valence-electron chi connectivity index (χ0n) is 69.2. The van der Waals surface area contributed by atoms with Crippen LogP contribution in [0.2, 0.25) is 5.02 Å². The topological polar surface area (TPSA) is 551 Å². The number of pyridine rings is 1. The number of aryl methyl sites for hydroxylation is 2. The van der Waals surface area contributed by atoms with Gasteiger partial charge in [-0.15, -0.1) is 0 Å². The molecular weight excluding hydrogens is 1850 g/mol. The van der Waals surface area contributed by atoms with Crippen LogP contribution in [0.5, 0.6) is 0 Å². The summed E-state index contributed by atoms with van der Waals surface area (Å²) >= 11 is 18.1. The molecule has 0 unspecified atom stereocenters. The first-order valence-electron chi connectivity index (χ1n) is 38.9. The number of nitrogens with zero attached hydrogens (tertiary/aromatic N) is 19. The number of benzene rings is 11. The second kappa shape index (κ2) is 45.1. The third-order valence-electron chi connectivity index (χ3n) is 17.4. The average molecular weight is 1930 g/mol. The molecule has 0 saturated carbocycles. The molecule has 0 aliphatic heterocycles. The summed E-state index contributed by atoms with van der Waals surface area (Å²) in [6.45, 7) is 3.99. The molecule has 654 valence electrons. The molecule has 0 amide bonds. The number of nitrogens with two attached hydrogens (primary N) is 12. The minimum Gasteiger partial charge on any atom is -0.383 e. The first kappa shape index (κ1) is 92.9. The lowest BCUT2D eigenvalue weighted by Gasteiger charge is -2.02. The molecule has 0 fully saturated rings. The minimum atomic E-state index is -0.462. The number of fused-ring (bicyclic) bond motifs is 6. The van der Waals surface area contributed by atoms with Crippen molar-refractivity contribution < 1.29 is 4.39 Å². The predicted molar refractivity (Wildman–Crippen MR) is 548 cm³/mol. The van der Waals surface area contributed by atoms with E-state index in [0.29, 0.717) is 64.6 Å². The molecule has 24 N–H and O–H groups in total. The van der Waals surface area contributed by atoms with E-state index in [1.54, 1.807) is 42.6 Å². The summed E-state index contributed by atoms with van der Waals surface area (Å²) in [6.07, 6.45) is 1.64. The van der Waals surface area contributed by atoms with Crippen molar-refractivity contribution >= 4 is 258 Å². The average Bonchev–Trinajstić information content (AvgIpc) is 1.74. The Hall–Kier alpha value is -15.8. The molecule has 0 atom stereocenters. The number of amidine groups is 6. The molecule has 18 aromatic rings. The smallest absolute Gasteiger partial charge is 0.224 e. The van der Waals surface area contributed by atoms with Gasteiger partial charge in [0.1, 0.15) is 40.7 Å². The maximum Gasteiger partial charge on any atom is 0.224 e. The van der Waals surface area contributed by atoms with Gasteiger partial charge < -0.3 is 68.8 Å². The number of guanidine groups is 6. The maximum absolute atomic E-state index is 13.6. The van der Waals surface area contributed by atoms with E-state index in [4.69, 9.17) is 80.4 Å². The van der Waals surface area contributed by atoms with Gasteiger partial charge in [0.25, 0.3) is 0 Å². The fourth-order valence-electron chi connectivity index (χ4n) is 11.4. The number of thiazole rings is 6. The largest absolute Gasteiger partial charge is 0.383 e. The molecule has 31 nitrogen and oxygen atoms in total. The molecule has 0 aliphatic carbocycles. The summed E-state index contributed by atoms with van der Waals surface area (Å²) in [4.78, 5) is 79.9. The van der Waals surface area contributed by atoms with Crippen molar-refractivity contribution in [3.63, 3.8) is 0 Å². The monoisotopic (exact) mass is 1930 g/mol. The minimum absolute atomic E-state index is 0.0274. The lowest BCUT2D eigenvalue weighted by Crippen LogP contribution is -2.20. The lowest BCUT2D eigenvalue weighted by molar-refractivity contribution is 0.625. The van der Waals surface area contributed by atoms with Crippen molar-refractivity contribution in [2.75, 3.05) is 0 Å². The van der Waals surface area contributed by atoms with E-state index >= 15 is 0 Å². The maximum atomic E-state index is 13.6. The van der Waals surface area contributed by atoms with Crippen LogP contribution in [-0.2, 0) is 0 Å². The quantitative estimate of drug-likeness (QED) is 0.0399. The number of para-hydroxylation sites is 6. The van der Waals surface area contributed by atoms with Crippen molar-refractivity contribution in [3.05, 3.63) is 351 Å². The van der Waals surface area contributed by atoms with Crippen molar-refractivity contribution in [2.24, 2.45) is 129 Å². The molecule has 0 saturated heterocycles. The molecule has 0 spiro atoms. The normalized spacial score (nSPS) is 12.8. The van der Waals surface area contributed by atoms with Crippen molar-refractivity contribution in [1.82, 2.24) is 34.9 Å². The van der Waals surface area contributed by atoms with Gasteiger partial charge in [0.05, 0.1) is 71.9 Å². The molecule has 7 aromatic heterocycles. The van der Waals surface area contributed by atoms with E-state index in [9.17, 15) is 4.39 Å². The van der Waals surface area contributed by atoms with E-state index in [1.807, 2.05) is 250 Å². The first-order valence-corrected chi connectivity index (χ1v) is 45.0. The SMILES string of the molecule is Cc1cccc(C(N)=NC(N)=Nc2nc3ccccc3s2)c1.Cc1cccc(C(N)=NC(N)=Nc2nc3ccccc3s2)c1.NC(=Nc1nc2ccccc2s1)N=C(N)c1ccccc1Br.NC(=Nc1nc2ccccc2s1)N=C(N)c1ccccc1Cl.NC(=Nc1nc2ccccc2s1)N=C(N)c1ccccc1F.NC(=Nc1nc2ccccc2s1)N=C(N)c1ccccn1. The van der Waals surface area contributed by atoms with Crippen LogP contribution in [0.15, 0.2) is 356 Å². The van der Waals surface area contributed by atoms with Gasteiger partial charge in [-0.2, -0.15) is 59.9 Å². The number of halogens is 3. The summed E-state index contributed by atoms with van der Waals surface area (Å²) < 4.78 is 20.7. The van der Waals surface area contributed by atoms with Gasteiger partial charge in [0.15, 0.2) is 5.84 Å². The van der Waals surface area contributed by atoms with Crippen molar-refractivity contribution in [3.8, 4) is 0 Å². The molecule has 18 rings (SSSR count). The van der Waals surface area contributed by atoms with E-state index < -0.39 is 5.82 Å².